The molecule has 0 aliphatic carbocycles. The third kappa shape index (κ3) is 3.01. The van der Waals surface area contributed by atoms with Gasteiger partial charge in [-0.25, -0.2) is 8.42 Å². The molecule has 3 N–H and O–H groups in total. The van der Waals surface area contributed by atoms with E-state index in [1.807, 2.05) is 6.07 Å². The molecule has 1 fully saturated rings. The first-order valence-electron chi connectivity index (χ1n) is 6.09. The van der Waals surface area contributed by atoms with Crippen LogP contribution in [0, 0.1) is 11.3 Å². The maximum atomic E-state index is 12.6. The normalized spacial score (nSPS) is 19.9. The molecular formula is C12H13ClN4O3S. The fourth-order valence-electron chi connectivity index (χ4n) is 2.12. The molecule has 0 bridgehead atoms. The number of nitrogens with zero attached hydrogens (tertiary/aromatic N) is 2. The zero-order valence-corrected chi connectivity index (χ0v) is 12.5. The molecule has 1 heterocycles. The standard InChI is InChI=1S/C12H13ClN4O3S/c13-9-5-8(6-14)1-2-11(9)21(19,20)17-4-3-16-7-10(17)12(15)18/h1-2,5,10,16H,3-4,7H2,(H2,15,18). The number of hydrogen-bond donors (Lipinski definition) is 2. The van der Waals surface area contributed by atoms with E-state index in [1.54, 1.807) is 0 Å². The number of primary amides is 1. The predicted molar refractivity (Wildman–Crippen MR) is 75.9 cm³/mol. The summed E-state index contributed by atoms with van der Waals surface area (Å²) >= 11 is 5.95. The number of nitrogens with one attached hydrogen (secondary N) is 1. The van der Waals surface area contributed by atoms with Crippen LogP contribution < -0.4 is 11.1 Å². The molecular weight excluding hydrogens is 316 g/mol. The molecule has 7 nitrogen and oxygen atoms in total. The van der Waals surface area contributed by atoms with Crippen LogP contribution in [0.2, 0.25) is 5.02 Å². The van der Waals surface area contributed by atoms with E-state index < -0.39 is 22.0 Å². The molecule has 112 valence electrons. The number of amides is 1. The Balaban J connectivity index is 2.46. The number of piperazine rings is 1. The van der Waals surface area contributed by atoms with E-state index in [9.17, 15) is 13.2 Å². The Bertz CT molecular complexity index is 714. The van der Waals surface area contributed by atoms with E-state index in [2.05, 4.69) is 5.32 Å². The second-order valence-electron chi connectivity index (χ2n) is 4.50. The van der Waals surface area contributed by atoms with E-state index >= 15 is 0 Å². The van der Waals surface area contributed by atoms with E-state index in [-0.39, 0.29) is 28.6 Å². The van der Waals surface area contributed by atoms with Gasteiger partial charge in [0, 0.05) is 19.6 Å². The van der Waals surface area contributed by atoms with Crippen molar-refractivity contribution >= 4 is 27.5 Å². The third-order valence-electron chi connectivity index (χ3n) is 3.17. The quantitative estimate of drug-likeness (QED) is 0.787. The maximum absolute atomic E-state index is 12.6. The fourth-order valence-corrected chi connectivity index (χ4v) is 4.24. The van der Waals surface area contributed by atoms with Crippen LogP contribution >= 0.6 is 11.6 Å². The number of carbonyl (C=O) groups excluding carboxylic acids is 1. The zero-order valence-electron chi connectivity index (χ0n) is 10.9. The van der Waals surface area contributed by atoms with Gasteiger partial charge in [-0.15, -0.1) is 0 Å². The van der Waals surface area contributed by atoms with Gasteiger partial charge in [-0.1, -0.05) is 11.6 Å². The zero-order chi connectivity index (χ0) is 15.6. The van der Waals surface area contributed by atoms with Gasteiger partial charge in [0.15, 0.2) is 0 Å². The van der Waals surface area contributed by atoms with E-state index in [0.29, 0.717) is 6.54 Å². The van der Waals surface area contributed by atoms with Gasteiger partial charge in [0.05, 0.1) is 16.7 Å². The average molecular weight is 329 g/mol. The maximum Gasteiger partial charge on any atom is 0.245 e. The number of rotatable bonds is 3. The summed E-state index contributed by atoms with van der Waals surface area (Å²) in [5.74, 6) is -0.726. The Morgan fingerprint density at radius 1 is 1.52 bits per heavy atom. The molecule has 2 rings (SSSR count). The summed E-state index contributed by atoms with van der Waals surface area (Å²) in [4.78, 5) is 11.3. The molecule has 0 radical (unpaired) electrons. The third-order valence-corrected chi connectivity index (χ3v) is 5.56. The van der Waals surface area contributed by atoms with Crippen LogP contribution in [0.25, 0.3) is 0 Å². The Hall–Kier alpha value is -1.66. The number of sulfonamides is 1. The van der Waals surface area contributed by atoms with E-state index in [1.165, 1.54) is 18.2 Å². The fraction of sp³-hybridized carbons (Fsp3) is 0.333. The van der Waals surface area contributed by atoms with Crippen LogP contribution in [0.15, 0.2) is 23.1 Å². The van der Waals surface area contributed by atoms with Crippen molar-refractivity contribution in [3.05, 3.63) is 28.8 Å². The van der Waals surface area contributed by atoms with Crippen LogP contribution in [0.1, 0.15) is 5.56 Å². The molecule has 1 saturated heterocycles. The monoisotopic (exact) mass is 328 g/mol. The number of carbonyl (C=O) groups is 1. The SMILES string of the molecule is N#Cc1ccc(S(=O)(=O)N2CCNCC2C(N)=O)c(Cl)c1. The van der Waals surface area contributed by atoms with Gasteiger partial charge in [-0.2, -0.15) is 9.57 Å². The molecule has 21 heavy (non-hydrogen) atoms. The molecule has 1 aliphatic heterocycles. The molecule has 1 unspecified atom stereocenters. The van der Waals surface area contributed by atoms with Crippen molar-refractivity contribution in [2.24, 2.45) is 5.73 Å². The first-order chi connectivity index (χ1) is 9.87. The summed E-state index contributed by atoms with van der Waals surface area (Å²) in [5, 5.41) is 11.6. The van der Waals surface area contributed by atoms with Crippen LogP contribution in [0.3, 0.4) is 0 Å². The summed E-state index contributed by atoms with van der Waals surface area (Å²) < 4.78 is 26.3. The lowest BCUT2D eigenvalue weighted by Gasteiger charge is -2.33. The van der Waals surface area contributed by atoms with E-state index in [0.717, 1.165) is 4.31 Å². The van der Waals surface area contributed by atoms with Crippen molar-refractivity contribution in [2.45, 2.75) is 10.9 Å². The minimum Gasteiger partial charge on any atom is -0.368 e. The molecule has 1 aromatic carbocycles. The average Bonchev–Trinajstić information content (AvgIpc) is 2.46. The van der Waals surface area contributed by atoms with Crippen molar-refractivity contribution in [1.82, 2.24) is 9.62 Å². The highest BCUT2D eigenvalue weighted by atomic mass is 35.5. The van der Waals surface area contributed by atoms with Gasteiger partial charge >= 0.3 is 0 Å². The lowest BCUT2D eigenvalue weighted by Crippen LogP contribution is -2.58. The molecule has 9 heteroatoms. The highest BCUT2D eigenvalue weighted by molar-refractivity contribution is 7.89. The van der Waals surface area contributed by atoms with Gasteiger partial charge in [-0.05, 0) is 18.2 Å². The number of nitriles is 1. The minimum atomic E-state index is -3.96. The van der Waals surface area contributed by atoms with Crippen molar-refractivity contribution in [2.75, 3.05) is 19.6 Å². The van der Waals surface area contributed by atoms with E-state index in [4.69, 9.17) is 22.6 Å². The molecule has 0 aromatic heterocycles. The van der Waals surface area contributed by atoms with Gasteiger partial charge < -0.3 is 11.1 Å². The Morgan fingerprint density at radius 3 is 2.81 bits per heavy atom. The summed E-state index contributed by atoms with van der Waals surface area (Å²) in [6.45, 7) is 0.686. The van der Waals surface area contributed by atoms with Crippen LogP contribution in [0.5, 0.6) is 0 Å². The Labute approximate surface area is 127 Å². The van der Waals surface area contributed by atoms with Crippen molar-refractivity contribution in [3.63, 3.8) is 0 Å². The van der Waals surface area contributed by atoms with Gasteiger partial charge in [0.1, 0.15) is 10.9 Å². The molecule has 0 saturated carbocycles. The molecule has 1 aliphatic rings. The van der Waals surface area contributed by atoms with Crippen molar-refractivity contribution in [3.8, 4) is 6.07 Å². The number of hydrogen-bond acceptors (Lipinski definition) is 5. The van der Waals surface area contributed by atoms with Crippen molar-refractivity contribution < 1.29 is 13.2 Å². The van der Waals surface area contributed by atoms with Crippen molar-refractivity contribution in [1.29, 1.82) is 5.26 Å². The summed E-state index contributed by atoms with van der Waals surface area (Å²) in [7, 11) is -3.96. The summed E-state index contributed by atoms with van der Waals surface area (Å²) in [5.41, 5.74) is 5.51. The van der Waals surface area contributed by atoms with Gasteiger partial charge in [0.2, 0.25) is 15.9 Å². The molecule has 1 atom stereocenters. The van der Waals surface area contributed by atoms with Gasteiger partial charge in [-0.3, -0.25) is 4.79 Å². The highest BCUT2D eigenvalue weighted by Crippen LogP contribution is 2.27. The number of nitrogens with two attached hydrogens (primary N) is 1. The first kappa shape index (κ1) is 15.7. The topological polar surface area (TPSA) is 116 Å². The lowest BCUT2D eigenvalue weighted by atomic mass is 10.2. The molecule has 0 spiro atoms. The van der Waals surface area contributed by atoms with Crippen LogP contribution in [-0.4, -0.2) is 44.3 Å². The number of benzene rings is 1. The van der Waals surface area contributed by atoms with Crippen LogP contribution in [0.4, 0.5) is 0 Å². The molecule has 1 aromatic rings. The van der Waals surface area contributed by atoms with Gasteiger partial charge in [0.25, 0.3) is 0 Å². The lowest BCUT2D eigenvalue weighted by molar-refractivity contribution is -0.122. The molecule has 1 amide bonds. The van der Waals surface area contributed by atoms with Crippen LogP contribution in [-0.2, 0) is 14.8 Å². The number of halogens is 1. The minimum absolute atomic E-state index is 0.0594. The smallest absolute Gasteiger partial charge is 0.245 e. The highest BCUT2D eigenvalue weighted by Gasteiger charge is 2.37. The summed E-state index contributed by atoms with van der Waals surface area (Å²) in [6.07, 6.45) is 0. The summed E-state index contributed by atoms with van der Waals surface area (Å²) in [6, 6.07) is 4.81. The largest absolute Gasteiger partial charge is 0.368 e. The predicted octanol–water partition coefficient (Wildman–Crippen LogP) is -0.341. The second kappa shape index (κ2) is 5.99. The first-order valence-corrected chi connectivity index (χ1v) is 7.91. The Kier molecular flexibility index (Phi) is 4.49. The Morgan fingerprint density at radius 2 is 2.24 bits per heavy atom. The second-order valence-corrected chi connectivity index (χ2v) is 6.76.